The minimum atomic E-state index is -4.39. The van der Waals surface area contributed by atoms with Crippen LogP contribution in [0, 0.1) is 0 Å². The Morgan fingerprint density at radius 1 is 0.279 bits per heavy atom. The van der Waals surface area contributed by atoms with Crippen molar-refractivity contribution in [3.05, 3.63) is 97.1 Å². The minimum Gasteiger partial charge on any atom is -0.433 e. The lowest BCUT2D eigenvalue weighted by molar-refractivity contribution is 0.400. The average Bonchev–Trinajstić information content (AvgIpc) is 3.05. The number of rotatable bonds is 8. The molecule has 0 atom stereocenters. The first-order valence-electron chi connectivity index (χ1n) is 17.2. The standard InChI is InChI=1S/2C12H12O8S2Si.3C3H10OSi/c2*13-21(14,15)9-1-5-11(6-2-9)23(19,20)12-7-3-10(4-8-12)22(16,17)18;3*1-5(2,3)4/h2*1-8,19-20H,(H,13,14,15)(H,16,17,18);3*4H,1-3H3. The van der Waals surface area contributed by atoms with Gasteiger partial charge in [-0.1, -0.05) is 48.5 Å². The summed E-state index contributed by atoms with van der Waals surface area (Å²) in [4.78, 5) is 65.7. The Morgan fingerprint density at radius 2 is 0.377 bits per heavy atom. The Kier molecular flexibility index (Phi) is 20.8. The molecule has 4 rings (SSSR count). The van der Waals surface area contributed by atoms with Crippen molar-refractivity contribution in [2.24, 2.45) is 0 Å². The number of hydrogen-bond donors (Lipinski definition) is 11. The highest BCUT2D eigenvalue weighted by Crippen LogP contribution is 2.12. The van der Waals surface area contributed by atoms with Gasteiger partial charge in [0.2, 0.25) is 0 Å². The molecule has 0 aromatic heterocycles. The van der Waals surface area contributed by atoms with Gasteiger partial charge in [0.15, 0.2) is 25.0 Å². The van der Waals surface area contributed by atoms with Gasteiger partial charge in [-0.3, -0.25) is 18.2 Å². The third-order valence-electron chi connectivity index (χ3n) is 6.22. The first kappa shape index (κ1) is 58.3. The lowest BCUT2D eigenvalue weighted by atomic mass is 10.4. The average molecular weight is 1020 g/mol. The fourth-order valence-corrected chi connectivity index (χ4v) is 8.88. The Labute approximate surface area is 362 Å². The molecule has 0 fully saturated rings. The van der Waals surface area contributed by atoms with E-state index in [9.17, 15) is 52.9 Å². The first-order chi connectivity index (χ1) is 26.8. The summed E-state index contributed by atoms with van der Waals surface area (Å²) in [5.74, 6) is 0. The molecule has 0 unspecified atom stereocenters. The van der Waals surface area contributed by atoms with E-state index < -0.39 is 102 Å². The highest BCUT2D eigenvalue weighted by atomic mass is 32.2. The van der Waals surface area contributed by atoms with Crippen LogP contribution in [0.15, 0.2) is 117 Å². The summed E-state index contributed by atoms with van der Waals surface area (Å²) in [6, 6.07) is 17.3. The lowest BCUT2D eigenvalue weighted by Crippen LogP contribution is -2.59. The van der Waals surface area contributed by atoms with Crippen molar-refractivity contribution in [2.75, 3.05) is 0 Å². The van der Waals surface area contributed by atoms with Crippen LogP contribution in [-0.4, -0.2) is 128 Å². The Balaban J connectivity index is 0.000000886. The van der Waals surface area contributed by atoms with Gasteiger partial charge in [0.1, 0.15) is 0 Å². The zero-order chi connectivity index (χ0) is 48.4. The molecule has 28 heteroatoms. The molecule has 0 amide bonds. The molecule has 0 aliphatic heterocycles. The minimum absolute atomic E-state index is 0.0319. The predicted octanol–water partition coefficient (Wildman–Crippen LogP) is -0.117. The monoisotopic (exact) mass is 1020 g/mol. The van der Waals surface area contributed by atoms with E-state index in [0.29, 0.717) is 0 Å². The molecule has 19 nitrogen and oxygen atoms in total. The molecule has 344 valence electrons. The van der Waals surface area contributed by atoms with Gasteiger partial charge in [-0.15, -0.1) is 0 Å². The molecule has 0 radical (unpaired) electrons. The van der Waals surface area contributed by atoms with Gasteiger partial charge in [0, 0.05) is 0 Å². The number of hydrogen-bond acceptors (Lipinski definition) is 15. The molecule has 11 N–H and O–H groups in total. The van der Waals surface area contributed by atoms with Crippen molar-refractivity contribution in [3.63, 3.8) is 0 Å². The van der Waals surface area contributed by atoms with E-state index in [1.54, 1.807) is 0 Å². The lowest BCUT2D eigenvalue weighted by Gasteiger charge is -2.19. The van der Waals surface area contributed by atoms with Crippen LogP contribution in [0.5, 0.6) is 0 Å². The molecular formula is C33H54O19S4Si5. The normalized spacial score (nSPS) is 12.8. The van der Waals surface area contributed by atoms with Crippen LogP contribution < -0.4 is 20.7 Å². The van der Waals surface area contributed by atoms with E-state index in [0.717, 1.165) is 97.1 Å². The molecule has 0 heterocycles. The second-order valence-corrected chi connectivity index (χ2v) is 39.6. The van der Waals surface area contributed by atoms with E-state index in [2.05, 4.69) is 0 Å². The Morgan fingerprint density at radius 3 is 0.459 bits per heavy atom. The summed E-state index contributed by atoms with van der Waals surface area (Å²) in [6.45, 7) is 16.9. The topological polar surface area (TPSA) is 359 Å². The van der Waals surface area contributed by atoms with Crippen molar-refractivity contribution in [1.82, 2.24) is 0 Å². The summed E-state index contributed by atoms with van der Waals surface area (Å²) in [6.07, 6.45) is 0. The highest BCUT2D eigenvalue weighted by molar-refractivity contribution is 7.86. The molecule has 0 saturated heterocycles. The van der Waals surface area contributed by atoms with Crippen LogP contribution in [0.1, 0.15) is 0 Å². The fourth-order valence-electron chi connectivity index (χ4n) is 3.77. The molecule has 4 aromatic rings. The van der Waals surface area contributed by atoms with Gasteiger partial charge >= 0.3 is 17.1 Å². The summed E-state index contributed by atoms with van der Waals surface area (Å²) >= 11 is 0. The Hall–Kier alpha value is -2.68. The maximum Gasteiger partial charge on any atom is 0.401 e. The zero-order valence-electron chi connectivity index (χ0n) is 34.6. The van der Waals surface area contributed by atoms with Gasteiger partial charge in [-0.2, -0.15) is 33.7 Å². The van der Waals surface area contributed by atoms with Crippen LogP contribution in [-0.2, 0) is 40.5 Å². The molecular weight excluding hydrogens is 969 g/mol. The van der Waals surface area contributed by atoms with E-state index in [1.807, 2.05) is 58.9 Å². The molecule has 0 bridgehead atoms. The van der Waals surface area contributed by atoms with Gasteiger partial charge in [-0.25, -0.2) is 0 Å². The zero-order valence-corrected chi connectivity index (χ0v) is 42.8. The summed E-state index contributed by atoms with van der Waals surface area (Å²) < 4.78 is 123. The van der Waals surface area contributed by atoms with E-state index >= 15 is 0 Å². The fraction of sp³-hybridized carbons (Fsp3) is 0.273. The van der Waals surface area contributed by atoms with Crippen LogP contribution in [0.3, 0.4) is 0 Å². The van der Waals surface area contributed by atoms with Gasteiger partial charge in [-0.05, 0) is 128 Å². The quantitative estimate of drug-likeness (QED) is 0.0810. The SMILES string of the molecule is C[Si](C)(C)O.C[Si](C)(C)O.C[Si](C)(C)O.O=S(=O)(O)c1ccc([Si](O)(O)c2ccc(S(=O)(=O)O)cc2)cc1.O=S(=O)(O)c1ccc([Si](O)(O)c2ccc(S(=O)(=O)O)cc2)cc1. The third-order valence-corrected chi connectivity index (χ3v) is 14.2. The molecule has 4 aromatic carbocycles. The van der Waals surface area contributed by atoms with Gasteiger partial charge in [0.25, 0.3) is 40.5 Å². The van der Waals surface area contributed by atoms with Crippen LogP contribution in [0.25, 0.3) is 0 Å². The van der Waals surface area contributed by atoms with Crippen molar-refractivity contribution in [3.8, 4) is 0 Å². The predicted molar refractivity (Wildman–Crippen MR) is 241 cm³/mol. The second kappa shape index (κ2) is 21.8. The van der Waals surface area contributed by atoms with Crippen molar-refractivity contribution >= 4 is 103 Å². The first-order valence-corrected chi connectivity index (χ1v) is 37.1. The molecule has 0 aliphatic rings. The second-order valence-electron chi connectivity index (χ2n) is 15.9. The van der Waals surface area contributed by atoms with Crippen LogP contribution in [0.4, 0.5) is 0 Å². The molecule has 0 saturated carbocycles. The van der Waals surface area contributed by atoms with Crippen molar-refractivity contribution < 1.29 is 85.5 Å². The maximum atomic E-state index is 11.0. The van der Waals surface area contributed by atoms with E-state index in [-0.39, 0.29) is 20.7 Å². The van der Waals surface area contributed by atoms with Crippen LogP contribution >= 0.6 is 0 Å². The van der Waals surface area contributed by atoms with Gasteiger partial charge < -0.3 is 33.6 Å². The summed E-state index contributed by atoms with van der Waals surface area (Å²) in [5, 5.41) is 0.128. The third kappa shape index (κ3) is 24.1. The number of benzene rings is 4. The largest absolute Gasteiger partial charge is 0.433 e. The smallest absolute Gasteiger partial charge is 0.401 e. The van der Waals surface area contributed by atoms with Crippen LogP contribution in [0.2, 0.25) is 58.9 Å². The highest BCUT2D eigenvalue weighted by Gasteiger charge is 2.36. The molecule has 61 heavy (non-hydrogen) atoms. The van der Waals surface area contributed by atoms with Gasteiger partial charge in [0.05, 0.1) is 19.6 Å². The summed E-state index contributed by atoms with van der Waals surface area (Å²) in [5.41, 5.74) is 0. The van der Waals surface area contributed by atoms with E-state index in [4.69, 9.17) is 32.6 Å². The van der Waals surface area contributed by atoms with Crippen molar-refractivity contribution in [2.45, 2.75) is 78.5 Å². The molecule has 0 spiro atoms. The summed E-state index contributed by atoms with van der Waals surface area (Å²) in [7, 11) is -30.8. The maximum absolute atomic E-state index is 11.0. The molecule has 0 aliphatic carbocycles. The van der Waals surface area contributed by atoms with E-state index in [1.165, 1.54) is 0 Å². The Bertz CT molecular complexity index is 2100. The van der Waals surface area contributed by atoms with Crippen molar-refractivity contribution in [1.29, 1.82) is 0 Å².